The van der Waals surface area contributed by atoms with Crippen molar-refractivity contribution in [2.75, 3.05) is 27.2 Å². The van der Waals surface area contributed by atoms with Crippen molar-refractivity contribution in [1.82, 2.24) is 10.2 Å². The van der Waals surface area contributed by atoms with E-state index in [9.17, 15) is 5.11 Å². The van der Waals surface area contributed by atoms with E-state index in [1.165, 1.54) is 11.1 Å². The first kappa shape index (κ1) is 15.2. The van der Waals surface area contributed by atoms with Gasteiger partial charge in [-0.15, -0.1) is 0 Å². The fourth-order valence-electron chi connectivity index (χ4n) is 2.28. The van der Waals surface area contributed by atoms with Crippen LogP contribution in [0.2, 0.25) is 0 Å². The van der Waals surface area contributed by atoms with E-state index < -0.39 is 5.60 Å². The van der Waals surface area contributed by atoms with Crippen LogP contribution in [0.4, 0.5) is 0 Å². The molecule has 102 valence electrons. The number of nitrogens with zero attached hydrogens (tertiary/aromatic N) is 1. The standard InChI is InChI=1S/C15H26N2O/c1-5-13-8-6-7-9-14(13)10-16-11-15(2,18)12-17(3)4/h6-9,16,18H,5,10-12H2,1-4H3. The molecule has 0 aliphatic heterocycles. The summed E-state index contributed by atoms with van der Waals surface area (Å²) in [4.78, 5) is 2.00. The number of nitrogens with one attached hydrogen (secondary N) is 1. The van der Waals surface area contributed by atoms with Crippen LogP contribution in [0.1, 0.15) is 25.0 Å². The van der Waals surface area contributed by atoms with E-state index in [1.54, 1.807) is 0 Å². The van der Waals surface area contributed by atoms with Crippen molar-refractivity contribution in [1.29, 1.82) is 0 Å². The molecule has 0 fully saturated rings. The minimum atomic E-state index is -0.690. The van der Waals surface area contributed by atoms with Crippen LogP contribution in [-0.4, -0.2) is 42.8 Å². The van der Waals surface area contributed by atoms with Crippen molar-refractivity contribution in [3.63, 3.8) is 0 Å². The zero-order chi connectivity index (χ0) is 13.6. The van der Waals surface area contributed by atoms with Gasteiger partial charge in [0.2, 0.25) is 0 Å². The summed E-state index contributed by atoms with van der Waals surface area (Å²) >= 11 is 0. The van der Waals surface area contributed by atoms with Gasteiger partial charge in [0.25, 0.3) is 0 Å². The minimum Gasteiger partial charge on any atom is -0.388 e. The molecular formula is C15H26N2O. The first-order valence-electron chi connectivity index (χ1n) is 6.59. The fourth-order valence-corrected chi connectivity index (χ4v) is 2.28. The van der Waals surface area contributed by atoms with Crippen molar-refractivity contribution >= 4 is 0 Å². The average Bonchev–Trinajstić information content (AvgIpc) is 2.27. The van der Waals surface area contributed by atoms with E-state index >= 15 is 0 Å². The van der Waals surface area contributed by atoms with Gasteiger partial charge < -0.3 is 15.3 Å². The maximum Gasteiger partial charge on any atom is 0.0869 e. The van der Waals surface area contributed by atoms with Crippen molar-refractivity contribution in [2.24, 2.45) is 0 Å². The zero-order valence-corrected chi connectivity index (χ0v) is 12.0. The lowest BCUT2D eigenvalue weighted by Gasteiger charge is -2.27. The molecule has 3 nitrogen and oxygen atoms in total. The summed E-state index contributed by atoms with van der Waals surface area (Å²) in [6, 6.07) is 8.44. The zero-order valence-electron chi connectivity index (χ0n) is 12.0. The largest absolute Gasteiger partial charge is 0.388 e. The third-order valence-electron chi connectivity index (χ3n) is 2.98. The van der Waals surface area contributed by atoms with Crippen molar-refractivity contribution < 1.29 is 5.11 Å². The molecule has 2 N–H and O–H groups in total. The number of aryl methyl sites for hydroxylation is 1. The quantitative estimate of drug-likeness (QED) is 0.772. The Kier molecular flexibility index (Phi) is 5.79. The molecule has 0 aliphatic carbocycles. The Bertz CT molecular complexity index is 361. The molecule has 0 spiro atoms. The first-order chi connectivity index (χ1) is 8.44. The normalized spacial score (nSPS) is 14.8. The highest BCUT2D eigenvalue weighted by atomic mass is 16.3. The maximum atomic E-state index is 10.2. The molecule has 1 rings (SSSR count). The van der Waals surface area contributed by atoms with Gasteiger partial charge in [-0.1, -0.05) is 31.2 Å². The molecule has 0 radical (unpaired) electrons. The monoisotopic (exact) mass is 250 g/mol. The highest BCUT2D eigenvalue weighted by molar-refractivity contribution is 5.26. The molecule has 1 aromatic rings. The number of rotatable bonds is 7. The van der Waals surface area contributed by atoms with E-state index in [0.717, 1.165) is 13.0 Å². The molecule has 1 atom stereocenters. The molecule has 1 aromatic carbocycles. The lowest BCUT2D eigenvalue weighted by molar-refractivity contribution is 0.0336. The summed E-state index contributed by atoms with van der Waals surface area (Å²) < 4.78 is 0. The molecule has 3 heteroatoms. The topological polar surface area (TPSA) is 35.5 Å². The van der Waals surface area contributed by atoms with Gasteiger partial charge >= 0.3 is 0 Å². The van der Waals surface area contributed by atoms with Crippen LogP contribution >= 0.6 is 0 Å². The molecule has 0 saturated heterocycles. The van der Waals surface area contributed by atoms with E-state index in [1.807, 2.05) is 25.9 Å². The maximum absolute atomic E-state index is 10.2. The molecule has 0 aliphatic rings. The van der Waals surface area contributed by atoms with Gasteiger partial charge in [-0.05, 0) is 38.6 Å². The molecule has 0 amide bonds. The predicted octanol–water partition coefficient (Wildman–Crippen LogP) is 1.65. The number of aliphatic hydroxyl groups is 1. The van der Waals surface area contributed by atoms with E-state index in [2.05, 4.69) is 36.5 Å². The third kappa shape index (κ3) is 5.17. The summed E-state index contributed by atoms with van der Waals surface area (Å²) in [5.41, 5.74) is 2.00. The Morgan fingerprint density at radius 1 is 1.22 bits per heavy atom. The summed E-state index contributed by atoms with van der Waals surface area (Å²) in [5, 5.41) is 13.5. The lowest BCUT2D eigenvalue weighted by atomic mass is 10.0. The number of hydrogen-bond acceptors (Lipinski definition) is 3. The van der Waals surface area contributed by atoms with Crippen LogP contribution in [0.15, 0.2) is 24.3 Å². The molecule has 0 bridgehead atoms. The third-order valence-corrected chi connectivity index (χ3v) is 2.98. The molecule has 1 unspecified atom stereocenters. The Balaban J connectivity index is 2.46. The second-order valence-corrected chi connectivity index (χ2v) is 5.46. The van der Waals surface area contributed by atoms with Gasteiger partial charge in [0.15, 0.2) is 0 Å². The highest BCUT2D eigenvalue weighted by Gasteiger charge is 2.20. The van der Waals surface area contributed by atoms with Gasteiger partial charge in [0.1, 0.15) is 0 Å². The lowest BCUT2D eigenvalue weighted by Crippen LogP contribution is -2.45. The highest BCUT2D eigenvalue weighted by Crippen LogP contribution is 2.10. The van der Waals surface area contributed by atoms with E-state index in [-0.39, 0.29) is 0 Å². The summed E-state index contributed by atoms with van der Waals surface area (Å²) in [7, 11) is 3.95. The van der Waals surface area contributed by atoms with E-state index in [0.29, 0.717) is 13.1 Å². The minimum absolute atomic E-state index is 0.600. The number of benzene rings is 1. The van der Waals surface area contributed by atoms with Crippen molar-refractivity contribution in [3.8, 4) is 0 Å². The summed E-state index contributed by atoms with van der Waals surface area (Å²) in [5.74, 6) is 0. The average molecular weight is 250 g/mol. The van der Waals surface area contributed by atoms with Gasteiger partial charge in [0.05, 0.1) is 5.60 Å². The van der Waals surface area contributed by atoms with Gasteiger partial charge in [-0.25, -0.2) is 0 Å². The van der Waals surface area contributed by atoms with Crippen LogP contribution in [0.25, 0.3) is 0 Å². The van der Waals surface area contributed by atoms with Crippen LogP contribution in [0, 0.1) is 0 Å². The summed E-state index contributed by atoms with van der Waals surface area (Å²) in [6.45, 7) is 6.11. The molecule has 0 heterocycles. The van der Waals surface area contributed by atoms with Gasteiger partial charge in [0, 0.05) is 19.6 Å². The van der Waals surface area contributed by atoms with Gasteiger partial charge in [-0.2, -0.15) is 0 Å². The van der Waals surface area contributed by atoms with Crippen LogP contribution in [0.5, 0.6) is 0 Å². The molecule has 18 heavy (non-hydrogen) atoms. The molecule has 0 saturated carbocycles. The Morgan fingerprint density at radius 3 is 2.39 bits per heavy atom. The van der Waals surface area contributed by atoms with Crippen LogP contribution in [-0.2, 0) is 13.0 Å². The Morgan fingerprint density at radius 2 is 1.83 bits per heavy atom. The first-order valence-corrected chi connectivity index (χ1v) is 6.59. The second kappa shape index (κ2) is 6.88. The van der Waals surface area contributed by atoms with Crippen molar-refractivity contribution in [3.05, 3.63) is 35.4 Å². The number of hydrogen-bond donors (Lipinski definition) is 2. The Hall–Kier alpha value is -0.900. The fraction of sp³-hybridized carbons (Fsp3) is 0.600. The Labute approximate surface area is 111 Å². The second-order valence-electron chi connectivity index (χ2n) is 5.46. The predicted molar refractivity (Wildman–Crippen MR) is 76.7 cm³/mol. The SMILES string of the molecule is CCc1ccccc1CNCC(C)(O)CN(C)C. The summed E-state index contributed by atoms with van der Waals surface area (Å²) in [6.07, 6.45) is 1.05. The van der Waals surface area contributed by atoms with Crippen LogP contribution < -0.4 is 5.32 Å². The molecular weight excluding hydrogens is 224 g/mol. The van der Waals surface area contributed by atoms with Crippen LogP contribution in [0.3, 0.4) is 0 Å². The van der Waals surface area contributed by atoms with E-state index in [4.69, 9.17) is 0 Å². The molecule has 0 aromatic heterocycles. The number of likely N-dealkylation sites (N-methyl/N-ethyl adjacent to an activating group) is 1. The smallest absolute Gasteiger partial charge is 0.0869 e. The van der Waals surface area contributed by atoms with Crippen molar-refractivity contribution in [2.45, 2.75) is 32.4 Å². The van der Waals surface area contributed by atoms with Gasteiger partial charge in [-0.3, -0.25) is 0 Å².